The number of nitrogens with one attached hydrogen (secondary N) is 1. The van der Waals surface area contributed by atoms with E-state index >= 15 is 0 Å². The molecule has 19 heavy (non-hydrogen) atoms. The summed E-state index contributed by atoms with van der Waals surface area (Å²) >= 11 is 3.41. The van der Waals surface area contributed by atoms with E-state index in [2.05, 4.69) is 26.1 Å². The van der Waals surface area contributed by atoms with Gasteiger partial charge in [-0.05, 0) is 32.2 Å². The van der Waals surface area contributed by atoms with E-state index in [1.54, 1.807) is 19.2 Å². The predicted molar refractivity (Wildman–Crippen MR) is 80.1 cm³/mol. The van der Waals surface area contributed by atoms with Crippen LogP contribution in [0.15, 0.2) is 22.7 Å². The van der Waals surface area contributed by atoms with Gasteiger partial charge in [0.25, 0.3) is 0 Å². The normalized spacial score (nSPS) is 14.2. The van der Waals surface area contributed by atoms with Gasteiger partial charge in [0.05, 0.1) is 0 Å². The summed E-state index contributed by atoms with van der Waals surface area (Å²) in [7, 11) is 3.59. The quantitative estimate of drug-likeness (QED) is 0.873. The van der Waals surface area contributed by atoms with Crippen LogP contribution in [0, 0.1) is 5.92 Å². The molecule has 0 bridgehead atoms. The molecule has 106 valence electrons. The van der Waals surface area contributed by atoms with Crippen molar-refractivity contribution in [1.82, 2.24) is 10.2 Å². The molecule has 5 heteroatoms. The molecule has 0 fully saturated rings. The van der Waals surface area contributed by atoms with E-state index in [0.717, 1.165) is 10.0 Å². The highest BCUT2D eigenvalue weighted by molar-refractivity contribution is 9.10. The van der Waals surface area contributed by atoms with E-state index in [1.807, 2.05) is 27.0 Å². The molecule has 0 aromatic heterocycles. The van der Waals surface area contributed by atoms with Gasteiger partial charge in [-0.1, -0.05) is 22.9 Å². The van der Waals surface area contributed by atoms with Gasteiger partial charge in [-0.15, -0.1) is 0 Å². The largest absolute Gasteiger partial charge is 0.508 e. The zero-order valence-electron chi connectivity index (χ0n) is 11.8. The van der Waals surface area contributed by atoms with Gasteiger partial charge >= 0.3 is 0 Å². The lowest BCUT2D eigenvalue weighted by atomic mass is 10.0. The van der Waals surface area contributed by atoms with E-state index < -0.39 is 0 Å². The Morgan fingerprint density at radius 2 is 2.11 bits per heavy atom. The Balaban J connectivity index is 2.79. The minimum absolute atomic E-state index is 0.0255. The number of aromatic hydroxyl groups is 1. The molecule has 2 N–H and O–H groups in total. The summed E-state index contributed by atoms with van der Waals surface area (Å²) in [5.41, 5.74) is 0.848. The Hall–Kier alpha value is -1.07. The second kappa shape index (κ2) is 6.91. The van der Waals surface area contributed by atoms with E-state index in [9.17, 15) is 9.90 Å². The average Bonchev–Trinajstić information content (AvgIpc) is 2.39. The Kier molecular flexibility index (Phi) is 5.82. The maximum atomic E-state index is 11.5. The zero-order chi connectivity index (χ0) is 14.6. The molecule has 1 rings (SSSR count). The molecule has 0 aliphatic rings. The first-order valence-corrected chi connectivity index (χ1v) is 7.06. The predicted octanol–water partition coefficient (Wildman–Crippen LogP) is 2.53. The highest BCUT2D eigenvalue weighted by Crippen LogP contribution is 2.30. The van der Waals surface area contributed by atoms with Crippen LogP contribution in [0.25, 0.3) is 0 Å². The number of nitrogens with zero attached hydrogens (tertiary/aromatic N) is 1. The third-order valence-corrected chi connectivity index (χ3v) is 3.85. The number of carbonyl (C=O) groups excluding carboxylic acids is 1. The molecule has 0 heterocycles. The smallest absolute Gasteiger partial charge is 0.223 e. The van der Waals surface area contributed by atoms with Crippen molar-refractivity contribution in [2.75, 3.05) is 20.6 Å². The lowest BCUT2D eigenvalue weighted by molar-refractivity contribution is -0.124. The molecule has 4 nitrogen and oxygen atoms in total. The van der Waals surface area contributed by atoms with E-state index in [-0.39, 0.29) is 23.6 Å². The number of rotatable bonds is 5. The summed E-state index contributed by atoms with van der Waals surface area (Å²) < 4.78 is 0.930. The van der Waals surface area contributed by atoms with Crippen molar-refractivity contribution < 1.29 is 9.90 Å². The van der Waals surface area contributed by atoms with Crippen molar-refractivity contribution in [2.45, 2.75) is 19.9 Å². The van der Waals surface area contributed by atoms with E-state index in [1.165, 1.54) is 0 Å². The van der Waals surface area contributed by atoms with Crippen LogP contribution in [0.5, 0.6) is 5.75 Å². The third-order valence-electron chi connectivity index (χ3n) is 3.36. The molecule has 0 aliphatic heterocycles. The van der Waals surface area contributed by atoms with E-state index in [4.69, 9.17) is 0 Å². The van der Waals surface area contributed by atoms with Crippen molar-refractivity contribution in [1.29, 1.82) is 0 Å². The van der Waals surface area contributed by atoms with Crippen molar-refractivity contribution in [3.8, 4) is 5.75 Å². The second-order valence-corrected chi connectivity index (χ2v) is 5.75. The van der Waals surface area contributed by atoms with Gasteiger partial charge < -0.3 is 10.4 Å². The lowest BCUT2D eigenvalue weighted by Gasteiger charge is -2.27. The number of phenols is 1. The molecule has 1 aromatic carbocycles. The average molecular weight is 329 g/mol. The van der Waals surface area contributed by atoms with Crippen molar-refractivity contribution in [2.24, 2.45) is 5.92 Å². The Morgan fingerprint density at radius 3 is 2.68 bits per heavy atom. The number of phenolic OH excluding ortho intramolecular Hbond substituents is 1. The van der Waals surface area contributed by atoms with Crippen LogP contribution in [0.3, 0.4) is 0 Å². The number of hydrogen-bond donors (Lipinski definition) is 2. The molecule has 1 amide bonds. The highest BCUT2D eigenvalue weighted by Gasteiger charge is 2.20. The number of hydrogen-bond acceptors (Lipinski definition) is 3. The number of halogens is 1. The first-order valence-electron chi connectivity index (χ1n) is 6.27. The Labute approximate surface area is 122 Å². The first-order chi connectivity index (χ1) is 8.86. The Morgan fingerprint density at radius 1 is 1.47 bits per heavy atom. The number of amides is 1. The summed E-state index contributed by atoms with van der Waals surface area (Å²) in [5.74, 6) is 0.208. The van der Waals surface area contributed by atoms with Crippen LogP contribution in [-0.4, -0.2) is 36.6 Å². The molecule has 0 radical (unpaired) electrons. The minimum atomic E-state index is -0.0910. The topological polar surface area (TPSA) is 52.6 Å². The van der Waals surface area contributed by atoms with Gasteiger partial charge in [0, 0.05) is 35.6 Å². The monoisotopic (exact) mass is 328 g/mol. The van der Waals surface area contributed by atoms with Gasteiger partial charge in [-0.25, -0.2) is 0 Å². The fourth-order valence-electron chi connectivity index (χ4n) is 2.02. The molecular formula is C14H21BrN2O2. The number of carbonyl (C=O) groups is 1. The Bertz CT molecular complexity index is 451. The molecular weight excluding hydrogens is 308 g/mol. The van der Waals surface area contributed by atoms with Gasteiger partial charge in [0.15, 0.2) is 0 Å². The van der Waals surface area contributed by atoms with Gasteiger partial charge in [0.1, 0.15) is 5.75 Å². The second-order valence-electron chi connectivity index (χ2n) is 4.83. The van der Waals surface area contributed by atoms with Crippen LogP contribution in [0.2, 0.25) is 0 Å². The van der Waals surface area contributed by atoms with Crippen LogP contribution in [-0.2, 0) is 4.79 Å². The minimum Gasteiger partial charge on any atom is -0.508 e. The van der Waals surface area contributed by atoms with Gasteiger partial charge in [-0.3, -0.25) is 9.69 Å². The lowest BCUT2D eigenvalue weighted by Crippen LogP contribution is -2.35. The summed E-state index contributed by atoms with van der Waals surface area (Å²) in [6.45, 7) is 4.54. The first kappa shape index (κ1) is 16.0. The summed E-state index contributed by atoms with van der Waals surface area (Å²) in [6, 6.07) is 5.41. The maximum Gasteiger partial charge on any atom is 0.223 e. The third kappa shape index (κ3) is 4.21. The fourth-order valence-corrected chi connectivity index (χ4v) is 2.40. The zero-order valence-corrected chi connectivity index (χ0v) is 13.4. The summed E-state index contributed by atoms with van der Waals surface area (Å²) in [5, 5.41) is 12.6. The summed E-state index contributed by atoms with van der Waals surface area (Å²) in [6.07, 6.45) is 0. The van der Waals surface area contributed by atoms with Crippen LogP contribution < -0.4 is 5.32 Å². The standard InChI is InChI=1S/C14H21BrN2O2/c1-9(14(19)16-3)8-17(4)10(2)12-7-11(15)5-6-13(12)18/h5-7,9-10,18H,8H2,1-4H3,(H,16,19). The molecule has 2 atom stereocenters. The molecule has 0 aliphatic carbocycles. The van der Waals surface area contributed by atoms with Gasteiger partial charge in [0.2, 0.25) is 5.91 Å². The molecule has 1 aromatic rings. The fraction of sp³-hybridized carbons (Fsp3) is 0.500. The van der Waals surface area contributed by atoms with Gasteiger partial charge in [-0.2, -0.15) is 0 Å². The van der Waals surface area contributed by atoms with Crippen molar-refractivity contribution >= 4 is 21.8 Å². The number of benzene rings is 1. The molecule has 0 saturated heterocycles. The molecule has 0 spiro atoms. The highest BCUT2D eigenvalue weighted by atomic mass is 79.9. The van der Waals surface area contributed by atoms with Crippen molar-refractivity contribution in [3.05, 3.63) is 28.2 Å². The van der Waals surface area contributed by atoms with Crippen LogP contribution in [0.1, 0.15) is 25.5 Å². The molecule has 2 unspecified atom stereocenters. The van der Waals surface area contributed by atoms with Crippen LogP contribution >= 0.6 is 15.9 Å². The van der Waals surface area contributed by atoms with E-state index in [0.29, 0.717) is 6.54 Å². The van der Waals surface area contributed by atoms with Crippen molar-refractivity contribution in [3.63, 3.8) is 0 Å². The SMILES string of the molecule is CNC(=O)C(C)CN(C)C(C)c1cc(Br)ccc1O. The molecule has 0 saturated carbocycles. The van der Waals surface area contributed by atoms with Crippen LogP contribution in [0.4, 0.5) is 0 Å². The summed E-state index contributed by atoms with van der Waals surface area (Å²) in [4.78, 5) is 13.6. The maximum absolute atomic E-state index is 11.5.